The van der Waals surface area contributed by atoms with Crippen LogP contribution in [0.25, 0.3) is 78.3 Å². The van der Waals surface area contributed by atoms with Crippen molar-refractivity contribution >= 4 is 0 Å². The molecular weight excluding hydrogens is 863 g/mol. The SMILES string of the molecule is [2H]C([2H])([2H])c1ccc(-c2ccc(-c3ccccc3-c3cc(CCc4ccc(-c5ccccn5)cc4)cc(CCc4ccc(-c5ccccn5)cc4)c3)c(-c3ccc(-c4cc(C)c(C#N)c(C)c4C#N)cc3)c2)nc1. The second-order valence-corrected chi connectivity index (χ2v) is 18.0. The lowest BCUT2D eigenvalue weighted by Gasteiger charge is -2.18. The number of rotatable bonds is 13. The summed E-state index contributed by atoms with van der Waals surface area (Å²) in [6.07, 6.45) is 8.56. The van der Waals surface area contributed by atoms with E-state index in [1.165, 1.54) is 28.5 Å². The molecule has 0 atom stereocenters. The van der Waals surface area contributed by atoms with Crippen LogP contribution in [0, 0.1) is 43.4 Å². The summed E-state index contributed by atoms with van der Waals surface area (Å²) >= 11 is 0. The number of nitrogens with zero attached hydrogens (tertiary/aromatic N) is 5. The highest BCUT2D eigenvalue weighted by atomic mass is 14.7. The van der Waals surface area contributed by atoms with E-state index in [2.05, 4.69) is 148 Å². The van der Waals surface area contributed by atoms with Crippen LogP contribution in [0.5, 0.6) is 0 Å². The fourth-order valence-electron chi connectivity index (χ4n) is 9.60. The molecule has 3 heterocycles. The summed E-state index contributed by atoms with van der Waals surface area (Å²) in [5.74, 6) is 0. The molecule has 340 valence electrons. The number of aromatic nitrogens is 3. The van der Waals surface area contributed by atoms with Crippen LogP contribution in [-0.4, -0.2) is 15.0 Å². The minimum Gasteiger partial charge on any atom is -0.256 e. The Morgan fingerprint density at radius 3 is 1.44 bits per heavy atom. The van der Waals surface area contributed by atoms with E-state index in [4.69, 9.17) is 4.11 Å². The third kappa shape index (κ3) is 10.1. The predicted molar refractivity (Wildman–Crippen MR) is 289 cm³/mol. The van der Waals surface area contributed by atoms with Crippen molar-refractivity contribution in [3.8, 4) is 90.4 Å². The van der Waals surface area contributed by atoms with Gasteiger partial charge in [-0.15, -0.1) is 0 Å². The van der Waals surface area contributed by atoms with Gasteiger partial charge in [0.15, 0.2) is 0 Å². The maximum absolute atomic E-state index is 10.3. The average molecular weight is 917 g/mol. The van der Waals surface area contributed by atoms with Gasteiger partial charge >= 0.3 is 0 Å². The van der Waals surface area contributed by atoms with Crippen LogP contribution < -0.4 is 0 Å². The Bertz CT molecular complexity index is 3600. The maximum atomic E-state index is 10.3. The van der Waals surface area contributed by atoms with Gasteiger partial charge in [0.25, 0.3) is 0 Å². The van der Waals surface area contributed by atoms with Crippen molar-refractivity contribution in [3.05, 3.63) is 257 Å². The van der Waals surface area contributed by atoms with Gasteiger partial charge in [0.05, 0.1) is 34.3 Å². The van der Waals surface area contributed by atoms with Crippen molar-refractivity contribution in [3.63, 3.8) is 0 Å². The standard InChI is InChI=1S/C66H51N5/c1-44-14-33-66(71-43-44)55-31-32-59(61(40-55)52-29-27-51(28-30-52)60-36-45(2)62(41-67)46(3)63(60)42-68)58-11-5-4-10-57(58)56-38-49(17-15-47-19-23-53(24-20-47)64-12-6-8-34-69-64)37-50(39-56)18-16-48-21-25-54(26-22-48)65-13-7-9-35-70-65/h4-14,19-40,43H,15-18H2,1-3H3/i1D3. The first kappa shape index (κ1) is 42.1. The first-order chi connectivity index (χ1) is 36.0. The molecule has 0 fully saturated rings. The van der Waals surface area contributed by atoms with Gasteiger partial charge in [0.1, 0.15) is 6.07 Å². The lowest BCUT2D eigenvalue weighted by Crippen LogP contribution is -1.98. The summed E-state index contributed by atoms with van der Waals surface area (Å²) in [6.45, 7) is 1.47. The molecule has 71 heavy (non-hydrogen) atoms. The zero-order chi connectivity index (χ0) is 51.2. The van der Waals surface area contributed by atoms with Crippen LogP contribution in [0.4, 0.5) is 0 Å². The number of hydrogen-bond donors (Lipinski definition) is 0. The van der Waals surface area contributed by atoms with Crippen molar-refractivity contribution in [2.45, 2.75) is 46.4 Å². The zero-order valence-corrected chi connectivity index (χ0v) is 39.7. The Kier molecular flexibility index (Phi) is 12.3. The Morgan fingerprint density at radius 2 is 0.901 bits per heavy atom. The molecule has 0 bridgehead atoms. The van der Waals surface area contributed by atoms with Crippen molar-refractivity contribution in [1.82, 2.24) is 15.0 Å². The first-order valence-corrected chi connectivity index (χ1v) is 23.9. The number of nitriles is 2. The Balaban J connectivity index is 1.04. The number of pyridine rings is 3. The molecule has 0 radical (unpaired) electrons. The van der Waals surface area contributed by atoms with Crippen LogP contribution in [0.2, 0.25) is 0 Å². The minimum absolute atomic E-state index is 0.186. The monoisotopic (exact) mass is 916 g/mol. The van der Waals surface area contributed by atoms with E-state index in [1.54, 1.807) is 12.1 Å². The number of aryl methyl sites for hydroxylation is 6. The smallest absolute Gasteiger partial charge is 0.100 e. The normalized spacial score (nSPS) is 11.7. The largest absolute Gasteiger partial charge is 0.256 e. The number of hydrogen-bond acceptors (Lipinski definition) is 5. The van der Waals surface area contributed by atoms with E-state index >= 15 is 0 Å². The molecule has 0 aliphatic heterocycles. The highest BCUT2D eigenvalue weighted by molar-refractivity contribution is 5.94. The molecule has 7 aromatic carbocycles. The van der Waals surface area contributed by atoms with Crippen LogP contribution in [0.3, 0.4) is 0 Å². The summed E-state index contributed by atoms with van der Waals surface area (Å²) < 4.78 is 23.8. The van der Waals surface area contributed by atoms with E-state index < -0.39 is 6.85 Å². The maximum Gasteiger partial charge on any atom is 0.100 e. The van der Waals surface area contributed by atoms with Crippen molar-refractivity contribution < 1.29 is 4.11 Å². The first-order valence-electron chi connectivity index (χ1n) is 25.4. The molecule has 5 heteroatoms. The van der Waals surface area contributed by atoms with Gasteiger partial charge in [0, 0.05) is 45.0 Å². The molecule has 5 nitrogen and oxygen atoms in total. The summed E-state index contributed by atoms with van der Waals surface area (Å²) in [4.78, 5) is 13.7. The molecule has 10 rings (SSSR count). The predicted octanol–water partition coefficient (Wildman–Crippen LogP) is 15.8. The highest BCUT2D eigenvalue weighted by Crippen LogP contribution is 2.42. The van der Waals surface area contributed by atoms with E-state index in [0.29, 0.717) is 22.4 Å². The summed E-state index contributed by atoms with van der Waals surface area (Å²) in [6, 6.07) is 69.6. The number of benzene rings is 7. The third-order valence-electron chi connectivity index (χ3n) is 13.4. The quantitative estimate of drug-likeness (QED) is 0.115. The summed E-state index contributed by atoms with van der Waals surface area (Å²) in [5, 5.41) is 20.1. The zero-order valence-electron chi connectivity index (χ0n) is 42.7. The van der Waals surface area contributed by atoms with E-state index in [9.17, 15) is 10.5 Å². The summed E-state index contributed by atoms with van der Waals surface area (Å²) in [5.41, 5.74) is 21.2. The van der Waals surface area contributed by atoms with Crippen LogP contribution in [0.1, 0.15) is 54.2 Å². The second kappa shape index (κ2) is 20.7. The van der Waals surface area contributed by atoms with E-state index in [1.807, 2.05) is 80.8 Å². The van der Waals surface area contributed by atoms with Crippen molar-refractivity contribution in [2.75, 3.05) is 0 Å². The molecule has 10 aromatic rings. The molecule has 0 saturated carbocycles. The molecule has 0 aliphatic carbocycles. The van der Waals surface area contributed by atoms with Gasteiger partial charge in [-0.1, -0.05) is 146 Å². The molecule has 0 aliphatic rings. The van der Waals surface area contributed by atoms with Gasteiger partial charge in [-0.25, -0.2) is 0 Å². The van der Waals surface area contributed by atoms with Gasteiger partial charge in [-0.3, -0.25) is 15.0 Å². The van der Waals surface area contributed by atoms with Gasteiger partial charge in [-0.2, -0.15) is 10.5 Å². The second-order valence-electron chi connectivity index (χ2n) is 18.0. The highest BCUT2D eigenvalue weighted by Gasteiger charge is 2.18. The van der Waals surface area contributed by atoms with Crippen LogP contribution in [0.15, 0.2) is 207 Å². The Labute approximate surface area is 421 Å². The molecule has 0 saturated heterocycles. The van der Waals surface area contributed by atoms with Gasteiger partial charge in [0.2, 0.25) is 0 Å². The molecule has 3 aromatic heterocycles. The molecular formula is C66H51N5. The van der Waals surface area contributed by atoms with E-state index in [-0.39, 0.29) is 5.56 Å². The molecule has 0 spiro atoms. The summed E-state index contributed by atoms with van der Waals surface area (Å²) in [7, 11) is 0. The van der Waals surface area contributed by atoms with Crippen LogP contribution >= 0.6 is 0 Å². The lowest BCUT2D eigenvalue weighted by atomic mass is 9.86. The lowest BCUT2D eigenvalue weighted by molar-refractivity contribution is 0.931. The Morgan fingerprint density at radius 1 is 0.394 bits per heavy atom. The van der Waals surface area contributed by atoms with E-state index in [0.717, 1.165) is 104 Å². The molecule has 0 unspecified atom stereocenters. The molecule has 0 amide bonds. The van der Waals surface area contributed by atoms with Crippen molar-refractivity contribution in [2.24, 2.45) is 0 Å². The average Bonchev–Trinajstić information content (AvgIpc) is 3.44. The minimum atomic E-state index is -2.27. The molecule has 0 N–H and O–H groups in total. The fourth-order valence-corrected chi connectivity index (χ4v) is 9.60. The van der Waals surface area contributed by atoms with Gasteiger partial charge < -0.3 is 0 Å². The fraction of sp³-hybridized carbons (Fsp3) is 0.106. The Hall–Kier alpha value is -9.03. The third-order valence-corrected chi connectivity index (χ3v) is 13.4. The topological polar surface area (TPSA) is 86.2 Å². The van der Waals surface area contributed by atoms with Crippen LogP contribution in [-0.2, 0) is 25.7 Å². The van der Waals surface area contributed by atoms with Crippen molar-refractivity contribution in [1.29, 1.82) is 10.5 Å². The van der Waals surface area contributed by atoms with Gasteiger partial charge in [-0.05, 0) is 167 Å².